The lowest BCUT2D eigenvalue weighted by Gasteiger charge is -2.37. The van der Waals surface area contributed by atoms with Crippen LogP contribution in [0.3, 0.4) is 0 Å². The van der Waals surface area contributed by atoms with E-state index in [4.69, 9.17) is 15.5 Å². The zero-order chi connectivity index (χ0) is 20.2. The first-order valence-electron chi connectivity index (χ1n) is 8.70. The van der Waals surface area contributed by atoms with E-state index in [9.17, 15) is 4.79 Å². The van der Waals surface area contributed by atoms with E-state index in [1.165, 1.54) is 0 Å². The number of ether oxygens (including phenoxy) is 1. The minimum Gasteiger partial charge on any atom is -0.444 e. The van der Waals surface area contributed by atoms with Crippen LogP contribution in [0.2, 0.25) is 0 Å². The van der Waals surface area contributed by atoms with Crippen molar-refractivity contribution < 1.29 is 14.4 Å². The molecule has 0 aromatic carbocycles. The normalized spacial score (nSPS) is 17.2. The molecular weight excluding hydrogens is 372 g/mol. The number of carbonyl (C=O) groups excluding carboxylic acids is 1. The molecule has 0 spiro atoms. The first-order valence-corrected chi connectivity index (χ1v) is 9.96. The number of rotatable bonds is 11. The van der Waals surface area contributed by atoms with Gasteiger partial charge >= 0.3 is 6.09 Å². The fraction of sp³-hybridized carbons (Fsp3) is 0.824. The second-order valence-corrected chi connectivity index (χ2v) is 8.07. The second kappa shape index (κ2) is 12.6. The molecule has 0 saturated carbocycles. The highest BCUT2D eigenvalue weighted by Crippen LogP contribution is 2.23. The molecule has 0 aliphatic heterocycles. The molecule has 0 saturated heterocycles. The maximum absolute atomic E-state index is 12.2. The number of hydrogen-bond donors (Lipinski definition) is 4. The van der Waals surface area contributed by atoms with Gasteiger partial charge in [-0.3, -0.25) is 20.1 Å². The molecule has 0 aromatic heterocycles. The fourth-order valence-corrected chi connectivity index (χ4v) is 2.48. The summed E-state index contributed by atoms with van der Waals surface area (Å²) in [7, 11) is 0. The third kappa shape index (κ3) is 10.4. The molecule has 3 unspecified atom stereocenters. The number of nitrogens with two attached hydrogens (primary N) is 1. The summed E-state index contributed by atoms with van der Waals surface area (Å²) in [4.78, 5) is 26.3. The van der Waals surface area contributed by atoms with Gasteiger partial charge in [-0.1, -0.05) is 6.92 Å². The van der Waals surface area contributed by atoms with Gasteiger partial charge < -0.3 is 4.74 Å². The molecule has 0 aromatic rings. The minimum atomic E-state index is -1.24. The van der Waals surface area contributed by atoms with Crippen LogP contribution in [0, 0.1) is 5.92 Å². The highest BCUT2D eigenvalue weighted by molar-refractivity contribution is 7.80. The van der Waals surface area contributed by atoms with Crippen LogP contribution in [-0.4, -0.2) is 53.9 Å². The Bertz CT molecular complexity index is 469. The van der Waals surface area contributed by atoms with Crippen LogP contribution >= 0.6 is 25.3 Å². The standard InChI is InChI=1S/C17H34N4O3S2/c1-13(12-19-8-6-10-25)14(20-9-7-11-26)17(5,24-18)21-15(22)23-16(2,3)4/h8-9,13-14,25-26H,6-7,10-12,18H2,1-5H3,(H,21,22). The number of nitrogens with one attached hydrogen (secondary N) is 1. The monoisotopic (exact) mass is 406 g/mol. The van der Waals surface area contributed by atoms with Crippen LogP contribution in [0.5, 0.6) is 0 Å². The Kier molecular flexibility index (Phi) is 12.2. The first-order chi connectivity index (χ1) is 12.1. The summed E-state index contributed by atoms with van der Waals surface area (Å²) in [5, 5.41) is 2.70. The number of thiol groups is 2. The van der Waals surface area contributed by atoms with Gasteiger partial charge in [-0.25, -0.2) is 10.7 Å². The van der Waals surface area contributed by atoms with Gasteiger partial charge in [-0.05, 0) is 58.3 Å². The van der Waals surface area contributed by atoms with Gasteiger partial charge in [0.25, 0.3) is 0 Å². The zero-order valence-corrected chi connectivity index (χ0v) is 18.2. The number of carbonyl (C=O) groups is 1. The number of nitrogens with zero attached hydrogens (tertiary/aromatic N) is 2. The summed E-state index contributed by atoms with van der Waals surface area (Å²) >= 11 is 8.34. The van der Waals surface area contributed by atoms with Crippen molar-refractivity contribution in [2.45, 2.75) is 64.8 Å². The third-order valence-electron chi connectivity index (χ3n) is 3.40. The average molecular weight is 407 g/mol. The van der Waals surface area contributed by atoms with E-state index in [0.717, 1.165) is 12.2 Å². The van der Waals surface area contributed by atoms with Crippen molar-refractivity contribution in [3.05, 3.63) is 0 Å². The molecule has 152 valence electrons. The van der Waals surface area contributed by atoms with Crippen molar-refractivity contribution in [3.8, 4) is 0 Å². The van der Waals surface area contributed by atoms with E-state index < -0.39 is 23.5 Å². The average Bonchev–Trinajstić information content (AvgIpc) is 2.53. The van der Waals surface area contributed by atoms with Crippen LogP contribution in [-0.2, 0) is 9.57 Å². The van der Waals surface area contributed by atoms with Crippen LogP contribution in [0.4, 0.5) is 4.79 Å². The molecule has 26 heavy (non-hydrogen) atoms. The van der Waals surface area contributed by atoms with Crippen LogP contribution in [0.25, 0.3) is 0 Å². The summed E-state index contributed by atoms with van der Waals surface area (Å²) in [6.07, 6.45) is 4.47. The van der Waals surface area contributed by atoms with Crippen molar-refractivity contribution in [3.63, 3.8) is 0 Å². The molecular formula is C17H34N4O3S2. The Morgan fingerprint density at radius 1 is 1.19 bits per heavy atom. The minimum absolute atomic E-state index is 0.0363. The lowest BCUT2D eigenvalue weighted by molar-refractivity contribution is -0.0868. The van der Waals surface area contributed by atoms with Crippen LogP contribution < -0.4 is 11.2 Å². The first kappa shape index (κ1) is 25.2. The molecule has 1 amide bonds. The van der Waals surface area contributed by atoms with Crippen molar-refractivity contribution >= 4 is 43.8 Å². The molecule has 0 rings (SSSR count). The molecule has 0 aliphatic rings. The Hall–Kier alpha value is -0.770. The predicted molar refractivity (Wildman–Crippen MR) is 115 cm³/mol. The van der Waals surface area contributed by atoms with Crippen molar-refractivity contribution in [2.24, 2.45) is 21.8 Å². The smallest absolute Gasteiger partial charge is 0.410 e. The quantitative estimate of drug-likeness (QED) is 0.183. The maximum atomic E-state index is 12.2. The van der Waals surface area contributed by atoms with Gasteiger partial charge in [0.1, 0.15) is 11.6 Å². The van der Waals surface area contributed by atoms with Crippen LogP contribution in [0.1, 0.15) is 47.5 Å². The number of amides is 1. The topological polar surface area (TPSA) is 98.3 Å². The number of hydrogen-bond acceptors (Lipinski definition) is 8. The van der Waals surface area contributed by atoms with Crippen LogP contribution in [0.15, 0.2) is 9.98 Å². The second-order valence-electron chi connectivity index (χ2n) is 7.18. The van der Waals surface area contributed by atoms with E-state index in [1.54, 1.807) is 33.9 Å². The summed E-state index contributed by atoms with van der Waals surface area (Å²) in [5.74, 6) is 6.91. The Balaban J connectivity index is 5.32. The fourth-order valence-electron chi connectivity index (χ4n) is 2.25. The van der Waals surface area contributed by atoms with Gasteiger partial charge in [0.15, 0.2) is 5.72 Å². The lowest BCUT2D eigenvalue weighted by atomic mass is 9.93. The van der Waals surface area contributed by atoms with E-state index in [0.29, 0.717) is 18.7 Å². The van der Waals surface area contributed by atoms with E-state index >= 15 is 0 Å². The molecule has 3 atom stereocenters. The molecule has 0 bridgehead atoms. The largest absolute Gasteiger partial charge is 0.444 e. The molecule has 9 heteroatoms. The van der Waals surface area contributed by atoms with Gasteiger partial charge in [0.2, 0.25) is 0 Å². The molecule has 0 radical (unpaired) electrons. The Morgan fingerprint density at radius 3 is 2.27 bits per heavy atom. The maximum Gasteiger partial charge on any atom is 0.410 e. The molecule has 0 heterocycles. The summed E-state index contributed by atoms with van der Waals surface area (Å²) in [6, 6.07) is -0.451. The van der Waals surface area contributed by atoms with Crippen molar-refractivity contribution in [2.75, 3.05) is 18.1 Å². The van der Waals surface area contributed by atoms with Gasteiger partial charge in [-0.15, -0.1) is 0 Å². The zero-order valence-electron chi connectivity index (χ0n) is 16.4. The van der Waals surface area contributed by atoms with Gasteiger partial charge in [-0.2, -0.15) is 25.3 Å². The molecule has 7 nitrogen and oxygen atoms in total. The van der Waals surface area contributed by atoms with E-state index in [-0.39, 0.29) is 5.92 Å². The number of alkyl carbamates (subject to hydrolysis) is 1. The Morgan fingerprint density at radius 2 is 1.77 bits per heavy atom. The van der Waals surface area contributed by atoms with Gasteiger partial charge in [0, 0.05) is 18.7 Å². The summed E-state index contributed by atoms with van der Waals surface area (Å²) < 4.78 is 5.32. The predicted octanol–water partition coefficient (Wildman–Crippen LogP) is 2.90. The van der Waals surface area contributed by atoms with Crippen molar-refractivity contribution in [1.82, 2.24) is 5.32 Å². The Labute approximate surface area is 168 Å². The highest BCUT2D eigenvalue weighted by atomic mass is 32.1. The summed E-state index contributed by atoms with van der Waals surface area (Å²) in [6.45, 7) is 9.53. The highest BCUT2D eigenvalue weighted by Gasteiger charge is 2.41. The molecule has 0 fully saturated rings. The summed E-state index contributed by atoms with van der Waals surface area (Å²) in [5.41, 5.74) is -1.87. The third-order valence-corrected chi connectivity index (χ3v) is 3.92. The van der Waals surface area contributed by atoms with Gasteiger partial charge in [0.05, 0.1) is 0 Å². The SMILES string of the molecule is CC(CN=CCCS)C(N=CCCS)C(C)(NC(=O)OC(C)(C)C)ON. The molecule has 3 N–H and O–H groups in total. The number of aliphatic imine (C=N–C) groups is 2. The van der Waals surface area contributed by atoms with E-state index in [1.807, 2.05) is 13.1 Å². The van der Waals surface area contributed by atoms with E-state index in [2.05, 4.69) is 40.6 Å². The van der Waals surface area contributed by atoms with Crippen molar-refractivity contribution in [1.29, 1.82) is 0 Å². The lowest BCUT2D eigenvalue weighted by Crippen LogP contribution is -2.60. The molecule has 0 aliphatic carbocycles.